The lowest BCUT2D eigenvalue weighted by atomic mass is 10.1. The van der Waals surface area contributed by atoms with Crippen LogP contribution in [0, 0.1) is 0 Å². The van der Waals surface area contributed by atoms with Gasteiger partial charge in [-0.2, -0.15) is 0 Å². The van der Waals surface area contributed by atoms with Crippen molar-refractivity contribution in [1.29, 1.82) is 0 Å². The van der Waals surface area contributed by atoms with Crippen LogP contribution >= 0.6 is 11.8 Å². The highest BCUT2D eigenvalue weighted by atomic mass is 32.2. The molecule has 1 amide bonds. The third kappa shape index (κ3) is 3.66. The summed E-state index contributed by atoms with van der Waals surface area (Å²) in [7, 11) is 0. The van der Waals surface area contributed by atoms with Crippen molar-refractivity contribution in [3.63, 3.8) is 0 Å². The molecule has 0 saturated carbocycles. The Morgan fingerprint density at radius 2 is 2.28 bits per heavy atom. The van der Waals surface area contributed by atoms with Gasteiger partial charge in [-0.1, -0.05) is 42.1 Å². The summed E-state index contributed by atoms with van der Waals surface area (Å²) in [4.78, 5) is 14.8. The number of amidine groups is 1. The topological polar surface area (TPSA) is 76.7 Å². The maximum Gasteiger partial charge on any atom is 0.404 e. The van der Waals surface area contributed by atoms with Gasteiger partial charge >= 0.3 is 6.09 Å². The lowest BCUT2D eigenvalue weighted by molar-refractivity contribution is 0.159. The number of thioether (sulfide) groups is 1. The van der Waals surface area contributed by atoms with Gasteiger partial charge in [0.05, 0.1) is 18.3 Å². The molecule has 1 unspecified atom stereocenters. The van der Waals surface area contributed by atoms with E-state index in [0.29, 0.717) is 11.8 Å². The molecule has 1 aliphatic rings. The Morgan fingerprint density at radius 1 is 1.50 bits per heavy atom. The largest absolute Gasteiger partial charge is 0.448 e. The molecule has 5 nitrogen and oxygen atoms in total. The summed E-state index contributed by atoms with van der Waals surface area (Å²) in [6.45, 7) is 1.55. The van der Waals surface area contributed by atoms with Crippen LogP contribution < -0.4 is 11.1 Å². The fourth-order valence-corrected chi connectivity index (χ4v) is 2.67. The summed E-state index contributed by atoms with van der Waals surface area (Å²) in [5.41, 5.74) is 6.13. The van der Waals surface area contributed by atoms with Crippen LogP contribution in [0.4, 0.5) is 4.79 Å². The van der Waals surface area contributed by atoms with Gasteiger partial charge in [-0.05, 0) is 5.56 Å². The Balaban J connectivity index is 1.73. The number of rotatable bonds is 4. The smallest absolute Gasteiger partial charge is 0.404 e. The zero-order chi connectivity index (χ0) is 12.8. The highest BCUT2D eigenvalue weighted by molar-refractivity contribution is 8.14. The van der Waals surface area contributed by atoms with Crippen molar-refractivity contribution in [3.8, 4) is 0 Å². The Labute approximate surface area is 110 Å². The molecule has 1 atom stereocenters. The molecule has 0 saturated heterocycles. The molecule has 1 aliphatic heterocycles. The van der Waals surface area contributed by atoms with Crippen LogP contribution in [0.2, 0.25) is 0 Å². The molecular formula is C12H15N3O2S. The minimum atomic E-state index is -0.750. The second kappa shape index (κ2) is 6.30. The molecule has 0 aliphatic carbocycles. The molecule has 96 valence electrons. The quantitative estimate of drug-likeness (QED) is 0.809. The number of amides is 1. The molecule has 1 heterocycles. The highest BCUT2D eigenvalue weighted by Crippen LogP contribution is 2.33. The fraction of sp³-hybridized carbons (Fsp3) is 0.333. The van der Waals surface area contributed by atoms with Crippen LogP contribution in [-0.2, 0) is 4.74 Å². The zero-order valence-electron chi connectivity index (χ0n) is 9.83. The fourth-order valence-electron chi connectivity index (χ4n) is 1.62. The Morgan fingerprint density at radius 3 is 3.00 bits per heavy atom. The average molecular weight is 265 g/mol. The first-order chi connectivity index (χ1) is 8.75. The molecule has 0 radical (unpaired) electrons. The molecule has 0 bridgehead atoms. The van der Waals surface area contributed by atoms with Gasteiger partial charge in [0, 0.05) is 0 Å². The summed E-state index contributed by atoms with van der Waals surface area (Å²) < 4.78 is 4.63. The first kappa shape index (κ1) is 12.8. The Hall–Kier alpha value is -1.69. The molecule has 0 spiro atoms. The number of ether oxygens (including phenoxy) is 1. The van der Waals surface area contributed by atoms with Crippen molar-refractivity contribution in [2.75, 3.05) is 19.7 Å². The van der Waals surface area contributed by atoms with E-state index in [4.69, 9.17) is 5.73 Å². The lowest BCUT2D eigenvalue weighted by Gasteiger charge is -2.09. The molecule has 3 N–H and O–H groups in total. The predicted molar refractivity (Wildman–Crippen MR) is 72.6 cm³/mol. The number of nitrogens with two attached hydrogens (primary N) is 1. The van der Waals surface area contributed by atoms with Crippen LogP contribution in [0.25, 0.3) is 0 Å². The Bertz CT molecular complexity index is 436. The van der Waals surface area contributed by atoms with Crippen molar-refractivity contribution in [1.82, 2.24) is 5.32 Å². The van der Waals surface area contributed by atoms with Gasteiger partial charge in [0.1, 0.15) is 6.61 Å². The van der Waals surface area contributed by atoms with E-state index in [-0.39, 0.29) is 6.61 Å². The van der Waals surface area contributed by atoms with Gasteiger partial charge in [-0.15, -0.1) is 0 Å². The van der Waals surface area contributed by atoms with Crippen LogP contribution in [-0.4, -0.2) is 31.0 Å². The van der Waals surface area contributed by atoms with E-state index in [2.05, 4.69) is 27.2 Å². The number of carbonyl (C=O) groups excluding carboxylic acids is 1. The summed E-state index contributed by atoms with van der Waals surface area (Å²) in [6.07, 6.45) is -0.750. The number of nitrogens with zero attached hydrogens (tertiary/aromatic N) is 1. The van der Waals surface area contributed by atoms with Crippen LogP contribution in [0.5, 0.6) is 0 Å². The van der Waals surface area contributed by atoms with Crippen LogP contribution in [0.15, 0.2) is 35.3 Å². The van der Waals surface area contributed by atoms with Crippen LogP contribution in [0.3, 0.4) is 0 Å². The van der Waals surface area contributed by atoms with Crippen molar-refractivity contribution in [2.45, 2.75) is 5.25 Å². The second-order valence-corrected chi connectivity index (χ2v) is 4.95. The van der Waals surface area contributed by atoms with Crippen molar-refractivity contribution in [2.24, 2.45) is 10.7 Å². The summed E-state index contributed by atoms with van der Waals surface area (Å²) in [6, 6.07) is 10.3. The average Bonchev–Trinajstić information content (AvgIpc) is 2.84. The molecule has 0 aromatic heterocycles. The number of hydrogen-bond acceptors (Lipinski definition) is 5. The number of aliphatic imine (C=N–C) groups is 1. The highest BCUT2D eigenvalue weighted by Gasteiger charge is 2.20. The normalized spacial score (nSPS) is 18.2. The summed E-state index contributed by atoms with van der Waals surface area (Å²) in [5.74, 6) is 0. The van der Waals surface area contributed by atoms with Gasteiger partial charge in [0.2, 0.25) is 0 Å². The van der Waals surface area contributed by atoms with E-state index < -0.39 is 6.09 Å². The minimum Gasteiger partial charge on any atom is -0.448 e. The van der Waals surface area contributed by atoms with E-state index in [9.17, 15) is 4.79 Å². The SMILES string of the molecule is NC(=O)OCCNC1=NCC(c2ccccc2)S1. The summed E-state index contributed by atoms with van der Waals surface area (Å²) >= 11 is 1.69. The number of primary amides is 1. The second-order valence-electron chi connectivity index (χ2n) is 3.76. The number of nitrogens with one attached hydrogen (secondary N) is 1. The van der Waals surface area contributed by atoms with Crippen molar-refractivity contribution in [3.05, 3.63) is 35.9 Å². The zero-order valence-corrected chi connectivity index (χ0v) is 10.7. The van der Waals surface area contributed by atoms with Gasteiger partial charge < -0.3 is 15.8 Å². The van der Waals surface area contributed by atoms with Gasteiger partial charge in [-0.3, -0.25) is 4.99 Å². The van der Waals surface area contributed by atoms with E-state index in [1.807, 2.05) is 18.2 Å². The molecule has 18 heavy (non-hydrogen) atoms. The van der Waals surface area contributed by atoms with E-state index in [1.165, 1.54) is 5.56 Å². The standard InChI is InChI=1S/C12H15N3O2S/c13-11(16)17-7-6-14-12-15-8-10(18-12)9-4-2-1-3-5-9/h1-5,10H,6-8H2,(H2,13,16)(H,14,15). The number of carbonyl (C=O) groups is 1. The lowest BCUT2D eigenvalue weighted by Crippen LogP contribution is -2.26. The van der Waals surface area contributed by atoms with E-state index in [1.54, 1.807) is 11.8 Å². The Kier molecular flexibility index (Phi) is 4.46. The first-order valence-electron chi connectivity index (χ1n) is 5.68. The van der Waals surface area contributed by atoms with Crippen LogP contribution in [0.1, 0.15) is 10.8 Å². The number of hydrogen-bond donors (Lipinski definition) is 2. The minimum absolute atomic E-state index is 0.255. The third-order valence-electron chi connectivity index (χ3n) is 2.45. The molecule has 6 heteroatoms. The molecular weight excluding hydrogens is 250 g/mol. The van der Waals surface area contributed by atoms with Crippen molar-refractivity contribution >= 4 is 23.0 Å². The van der Waals surface area contributed by atoms with Gasteiger partial charge in [0.25, 0.3) is 0 Å². The number of benzene rings is 1. The monoisotopic (exact) mass is 265 g/mol. The maximum atomic E-state index is 10.4. The summed E-state index contributed by atoms with van der Waals surface area (Å²) in [5, 5.41) is 4.37. The van der Waals surface area contributed by atoms with Gasteiger partial charge in [0.15, 0.2) is 5.17 Å². The maximum absolute atomic E-state index is 10.4. The first-order valence-corrected chi connectivity index (χ1v) is 6.56. The molecule has 2 rings (SSSR count). The molecule has 1 aromatic rings. The van der Waals surface area contributed by atoms with E-state index >= 15 is 0 Å². The van der Waals surface area contributed by atoms with Crippen molar-refractivity contribution < 1.29 is 9.53 Å². The van der Waals surface area contributed by atoms with Gasteiger partial charge in [-0.25, -0.2) is 4.79 Å². The molecule has 1 aromatic carbocycles. The predicted octanol–water partition coefficient (Wildman–Crippen LogP) is 1.52. The molecule has 0 fully saturated rings. The third-order valence-corrected chi connectivity index (χ3v) is 3.65. The van der Waals surface area contributed by atoms with E-state index in [0.717, 1.165) is 11.7 Å².